The molecular weight excluding hydrogens is 500 g/mol. The van der Waals surface area contributed by atoms with E-state index in [0.717, 1.165) is 12.8 Å². The van der Waals surface area contributed by atoms with E-state index < -0.39 is 17.6 Å². The van der Waals surface area contributed by atoms with Gasteiger partial charge in [-0.2, -0.15) is 0 Å². The Bertz CT molecular complexity index is 809. The molecule has 0 N–H and O–H groups in total. The number of carbonyl (C=O) groups is 1. The summed E-state index contributed by atoms with van der Waals surface area (Å²) in [5.41, 5.74) is 1.17. The lowest BCUT2D eigenvalue weighted by Gasteiger charge is -2.24. The summed E-state index contributed by atoms with van der Waals surface area (Å²) in [5, 5.41) is 0. The third kappa shape index (κ3) is 8.49. The fraction of sp³-hybridized carbons (Fsp3) is 0.480. The van der Waals surface area contributed by atoms with Crippen molar-refractivity contribution in [2.45, 2.75) is 24.9 Å². The summed E-state index contributed by atoms with van der Waals surface area (Å²) in [4.78, 5) is 12.9. The summed E-state index contributed by atoms with van der Waals surface area (Å²) in [6.45, 7) is 0.982. The van der Waals surface area contributed by atoms with Crippen LogP contribution in [0.15, 0.2) is 48.5 Å². The van der Waals surface area contributed by atoms with Crippen LogP contribution in [0.2, 0.25) is 12.1 Å². The first-order valence-electron chi connectivity index (χ1n) is 11.7. The summed E-state index contributed by atoms with van der Waals surface area (Å²) in [6.07, 6.45) is 1.45. The smallest absolute Gasteiger partial charge is 0.494 e. The molecule has 0 aliphatic rings. The minimum atomic E-state index is -2.59. The largest absolute Gasteiger partial charge is 0.500 e. The van der Waals surface area contributed by atoms with Gasteiger partial charge in [-0.25, -0.2) is 0 Å². The van der Waals surface area contributed by atoms with Crippen LogP contribution in [0.5, 0.6) is 11.5 Å². The highest BCUT2D eigenvalue weighted by Crippen LogP contribution is 2.21. The van der Waals surface area contributed by atoms with Crippen LogP contribution < -0.4 is 9.47 Å². The molecule has 0 saturated carbocycles. The van der Waals surface area contributed by atoms with Crippen LogP contribution in [0.3, 0.4) is 0 Å². The molecule has 0 heterocycles. The van der Waals surface area contributed by atoms with Gasteiger partial charge in [0.1, 0.15) is 11.5 Å². The molecule has 0 unspecified atom stereocenters. The average Bonchev–Trinajstić information content (AvgIpc) is 2.94. The second-order valence-corrected chi connectivity index (χ2v) is 14.1. The van der Waals surface area contributed by atoms with Gasteiger partial charge in [0.15, 0.2) is 5.78 Å². The van der Waals surface area contributed by atoms with E-state index in [1.54, 1.807) is 91.2 Å². The van der Waals surface area contributed by atoms with Crippen molar-refractivity contribution in [3.05, 3.63) is 59.7 Å². The molecule has 11 heteroatoms. The van der Waals surface area contributed by atoms with E-state index in [4.69, 9.17) is 36.0 Å². The third-order valence-corrected chi connectivity index (χ3v) is 11.6. The van der Waals surface area contributed by atoms with Crippen molar-refractivity contribution in [1.82, 2.24) is 0 Å². The Balaban J connectivity index is 1.82. The zero-order chi connectivity index (χ0) is 26.4. The molecule has 9 nitrogen and oxygen atoms in total. The Morgan fingerprint density at radius 1 is 0.556 bits per heavy atom. The molecule has 0 amide bonds. The molecule has 0 fully saturated rings. The highest BCUT2D eigenvalue weighted by Gasteiger charge is 2.37. The summed E-state index contributed by atoms with van der Waals surface area (Å²) in [6, 6.07) is 15.5. The number of hydrogen-bond donors (Lipinski definition) is 0. The fourth-order valence-electron chi connectivity index (χ4n) is 3.64. The first-order valence-corrected chi connectivity index (χ1v) is 15.6. The monoisotopic (exact) mass is 538 g/mol. The molecule has 36 heavy (non-hydrogen) atoms. The topological polar surface area (TPSA) is 90.9 Å². The second-order valence-electron chi connectivity index (χ2n) is 7.87. The van der Waals surface area contributed by atoms with Crippen molar-refractivity contribution in [3.8, 4) is 11.5 Å². The van der Waals surface area contributed by atoms with Gasteiger partial charge in [0.25, 0.3) is 0 Å². The zero-order valence-corrected chi connectivity index (χ0v) is 24.0. The molecule has 2 rings (SSSR count). The Morgan fingerprint density at radius 3 is 1.14 bits per heavy atom. The maximum Gasteiger partial charge on any atom is 0.500 e. The van der Waals surface area contributed by atoms with E-state index in [2.05, 4.69) is 0 Å². The molecule has 0 aliphatic carbocycles. The minimum absolute atomic E-state index is 0.0692. The highest BCUT2D eigenvalue weighted by molar-refractivity contribution is 6.60. The van der Waals surface area contributed by atoms with Gasteiger partial charge in [-0.15, -0.1) is 0 Å². The van der Waals surface area contributed by atoms with Crippen LogP contribution >= 0.6 is 0 Å². The quantitative estimate of drug-likeness (QED) is 0.157. The minimum Gasteiger partial charge on any atom is -0.494 e. The van der Waals surface area contributed by atoms with Gasteiger partial charge in [-0.05, 0) is 61.4 Å². The summed E-state index contributed by atoms with van der Waals surface area (Å²) in [5.74, 6) is 1.31. The average molecular weight is 539 g/mol. The molecular formula is C25H38O9Si2. The highest BCUT2D eigenvalue weighted by atomic mass is 28.4. The van der Waals surface area contributed by atoms with Gasteiger partial charge in [0.05, 0.1) is 13.2 Å². The Morgan fingerprint density at radius 2 is 0.861 bits per heavy atom. The third-order valence-electron chi connectivity index (χ3n) is 5.89. The summed E-state index contributed by atoms with van der Waals surface area (Å²) < 4.78 is 44.0. The van der Waals surface area contributed by atoms with Crippen molar-refractivity contribution in [2.75, 3.05) is 55.9 Å². The maximum absolute atomic E-state index is 12.9. The molecule has 0 radical (unpaired) electrons. The van der Waals surface area contributed by atoms with Gasteiger partial charge >= 0.3 is 17.6 Å². The van der Waals surface area contributed by atoms with Crippen molar-refractivity contribution < 1.29 is 40.8 Å². The van der Waals surface area contributed by atoms with Crippen LogP contribution in [0.25, 0.3) is 0 Å². The first-order chi connectivity index (χ1) is 17.4. The van der Waals surface area contributed by atoms with Gasteiger partial charge < -0.3 is 36.0 Å². The first kappa shape index (κ1) is 30.1. The van der Waals surface area contributed by atoms with E-state index in [1.165, 1.54) is 0 Å². The molecule has 0 bridgehead atoms. The number of carbonyl (C=O) groups excluding carboxylic acids is 1. The number of rotatable bonds is 18. The maximum atomic E-state index is 12.9. The number of ketones is 1. The number of hydrogen-bond acceptors (Lipinski definition) is 9. The molecule has 0 aromatic heterocycles. The molecule has 200 valence electrons. The lowest BCUT2D eigenvalue weighted by molar-refractivity contribution is 0.103. The molecule has 0 atom stereocenters. The van der Waals surface area contributed by atoms with Crippen LogP contribution in [-0.2, 0) is 26.6 Å². The lowest BCUT2D eigenvalue weighted by atomic mass is 10.0. The SMILES string of the molecule is CO[Si](CCCOc1ccc(C(=O)c2ccc(OCCC[Si](OC)(OC)OC)cc2)cc1)(OC)OC. The summed E-state index contributed by atoms with van der Waals surface area (Å²) in [7, 11) is 4.38. The second kappa shape index (κ2) is 15.2. The van der Waals surface area contributed by atoms with Crippen molar-refractivity contribution in [1.29, 1.82) is 0 Å². The van der Waals surface area contributed by atoms with Crippen LogP contribution in [0.4, 0.5) is 0 Å². The van der Waals surface area contributed by atoms with Crippen molar-refractivity contribution >= 4 is 23.4 Å². The van der Waals surface area contributed by atoms with E-state index in [1.807, 2.05) is 0 Å². The Labute approximate surface area is 216 Å². The van der Waals surface area contributed by atoms with Crippen LogP contribution in [-0.4, -0.2) is 79.3 Å². The predicted molar refractivity (Wildman–Crippen MR) is 140 cm³/mol. The van der Waals surface area contributed by atoms with E-state index in [-0.39, 0.29) is 5.78 Å². The number of benzene rings is 2. The molecule has 0 aliphatic heterocycles. The Kier molecular flexibility index (Phi) is 12.7. The normalized spacial score (nSPS) is 11.9. The molecule has 2 aromatic carbocycles. The zero-order valence-electron chi connectivity index (χ0n) is 22.0. The predicted octanol–water partition coefficient (Wildman–Crippen LogP) is 4.21. The van der Waals surface area contributed by atoms with E-state index in [9.17, 15) is 4.79 Å². The van der Waals surface area contributed by atoms with E-state index in [0.29, 0.717) is 47.9 Å². The molecule has 2 aromatic rings. The van der Waals surface area contributed by atoms with Crippen molar-refractivity contribution in [2.24, 2.45) is 0 Å². The van der Waals surface area contributed by atoms with Crippen LogP contribution in [0.1, 0.15) is 28.8 Å². The van der Waals surface area contributed by atoms with E-state index >= 15 is 0 Å². The number of ether oxygens (including phenoxy) is 2. The summed E-state index contributed by atoms with van der Waals surface area (Å²) >= 11 is 0. The van der Waals surface area contributed by atoms with Gasteiger partial charge in [-0.1, -0.05) is 0 Å². The van der Waals surface area contributed by atoms with Gasteiger partial charge in [0, 0.05) is 65.9 Å². The standard InChI is InChI=1S/C25H38O9Si2/c1-27-35(28-2,29-3)19-7-17-33-23-13-9-21(10-14-23)25(26)22-11-15-24(16-12-22)34-18-8-20-36(30-4,31-5)32-6/h9-16H,7-8,17-20H2,1-6H3. The Hall–Kier alpha value is -2.10. The van der Waals surface area contributed by atoms with Gasteiger partial charge in [-0.3, -0.25) is 4.79 Å². The molecule has 0 spiro atoms. The van der Waals surface area contributed by atoms with Crippen LogP contribution in [0, 0.1) is 0 Å². The lowest BCUT2D eigenvalue weighted by Crippen LogP contribution is -2.42. The fourth-order valence-corrected chi connectivity index (χ4v) is 7.02. The van der Waals surface area contributed by atoms with Gasteiger partial charge in [0.2, 0.25) is 0 Å². The molecule has 0 saturated heterocycles. The van der Waals surface area contributed by atoms with Crippen molar-refractivity contribution in [3.63, 3.8) is 0 Å².